The smallest absolute Gasteiger partial charge is 0.326 e. The molecule has 0 saturated heterocycles. The molecule has 0 spiro atoms. The summed E-state index contributed by atoms with van der Waals surface area (Å²) in [5.41, 5.74) is 31.7. The first-order chi connectivity index (χ1) is 17.8. The van der Waals surface area contributed by atoms with E-state index < -0.39 is 60.4 Å². The Morgan fingerprint density at radius 3 is 1.53 bits per heavy atom. The zero-order valence-corrected chi connectivity index (χ0v) is 21.0. The molecule has 0 aromatic carbocycles. The van der Waals surface area contributed by atoms with Crippen molar-refractivity contribution in [3.63, 3.8) is 0 Å². The molecule has 17 N–H and O–H groups in total. The van der Waals surface area contributed by atoms with Crippen LogP contribution in [0.5, 0.6) is 0 Å². The molecule has 0 bridgehead atoms. The van der Waals surface area contributed by atoms with Gasteiger partial charge in [-0.05, 0) is 32.1 Å². The lowest BCUT2D eigenvalue weighted by Crippen LogP contribution is -2.57. The van der Waals surface area contributed by atoms with Crippen LogP contribution in [0.25, 0.3) is 0 Å². The fraction of sp³-hybridized carbons (Fsp3) is 0.650. The molecule has 4 amide bonds. The standard InChI is InChI=1S/C20H39N11O7/c21-10(9-32)15(34)29-12(5-6-14(22)33)17(36)30-11(3-1-7-27-19(23)24)16(35)31-13(18(37)38)4-2-8-28-20(25)26/h10-13,32H,1-9,21H2,(H2,22,33)(H,29,34)(H,30,36)(H,31,35)(H,37,38)(H4,23,24,27)(H4,25,26,28). The zero-order valence-electron chi connectivity index (χ0n) is 21.0. The van der Waals surface area contributed by atoms with Gasteiger partial charge >= 0.3 is 5.97 Å². The maximum absolute atomic E-state index is 13.0. The summed E-state index contributed by atoms with van der Waals surface area (Å²) in [6.45, 7) is -0.459. The minimum absolute atomic E-state index is 0.0110. The third kappa shape index (κ3) is 15.0. The molecule has 38 heavy (non-hydrogen) atoms. The van der Waals surface area contributed by atoms with Gasteiger partial charge in [0.2, 0.25) is 23.6 Å². The van der Waals surface area contributed by atoms with E-state index in [-0.39, 0.29) is 63.5 Å². The Labute approximate surface area is 219 Å². The molecule has 0 aliphatic rings. The Morgan fingerprint density at radius 1 is 0.684 bits per heavy atom. The van der Waals surface area contributed by atoms with Crippen molar-refractivity contribution in [1.29, 1.82) is 0 Å². The van der Waals surface area contributed by atoms with Crippen LogP contribution in [-0.2, 0) is 24.0 Å². The van der Waals surface area contributed by atoms with Crippen LogP contribution in [0.1, 0.15) is 38.5 Å². The summed E-state index contributed by atoms with van der Waals surface area (Å²) in [6.07, 6.45) is -0.0830. The van der Waals surface area contributed by atoms with E-state index in [2.05, 4.69) is 25.9 Å². The third-order valence-corrected chi connectivity index (χ3v) is 4.98. The average Bonchev–Trinajstić information content (AvgIpc) is 2.83. The van der Waals surface area contributed by atoms with E-state index in [9.17, 15) is 29.1 Å². The maximum Gasteiger partial charge on any atom is 0.326 e. The third-order valence-electron chi connectivity index (χ3n) is 4.98. The number of nitrogens with two attached hydrogens (primary N) is 6. The number of nitrogens with zero attached hydrogens (tertiary/aromatic N) is 2. The topological polar surface area (TPSA) is 343 Å². The molecule has 216 valence electrons. The van der Waals surface area contributed by atoms with Crippen LogP contribution in [-0.4, -0.2) is 95.6 Å². The van der Waals surface area contributed by atoms with Gasteiger partial charge < -0.3 is 60.6 Å². The number of hydrogen-bond donors (Lipinski definition) is 11. The SMILES string of the molecule is NC(=O)CCC(NC(=O)C(N)CO)C(=O)NC(CCCN=C(N)N)C(=O)NC(CCCN=C(N)N)C(=O)O. The van der Waals surface area contributed by atoms with E-state index in [0.717, 1.165) is 0 Å². The van der Waals surface area contributed by atoms with Crippen molar-refractivity contribution in [1.82, 2.24) is 16.0 Å². The Bertz CT molecular complexity index is 873. The molecule has 0 rings (SSSR count). The number of aliphatic carboxylic acids is 1. The lowest BCUT2D eigenvalue weighted by molar-refractivity contribution is -0.142. The lowest BCUT2D eigenvalue weighted by atomic mass is 10.1. The number of carbonyl (C=O) groups excluding carboxylic acids is 4. The van der Waals surface area contributed by atoms with Crippen molar-refractivity contribution >= 4 is 41.5 Å². The van der Waals surface area contributed by atoms with Crippen molar-refractivity contribution < 1.29 is 34.2 Å². The second-order valence-electron chi connectivity index (χ2n) is 8.21. The first kappa shape index (κ1) is 33.8. The fourth-order valence-corrected chi connectivity index (χ4v) is 3.00. The molecule has 0 radical (unpaired) electrons. The fourth-order valence-electron chi connectivity index (χ4n) is 3.00. The largest absolute Gasteiger partial charge is 0.480 e. The van der Waals surface area contributed by atoms with E-state index >= 15 is 0 Å². The Balaban J connectivity index is 5.64. The van der Waals surface area contributed by atoms with Crippen LogP contribution >= 0.6 is 0 Å². The molecule has 0 aromatic rings. The highest BCUT2D eigenvalue weighted by Crippen LogP contribution is 2.06. The van der Waals surface area contributed by atoms with Crippen molar-refractivity contribution in [2.75, 3.05) is 19.7 Å². The number of rotatable bonds is 19. The minimum atomic E-state index is -1.34. The van der Waals surface area contributed by atoms with Gasteiger partial charge in [-0.3, -0.25) is 29.2 Å². The van der Waals surface area contributed by atoms with Crippen molar-refractivity contribution in [3.05, 3.63) is 0 Å². The number of aliphatic hydroxyl groups excluding tert-OH is 1. The van der Waals surface area contributed by atoms with E-state index in [1.54, 1.807) is 0 Å². The zero-order chi connectivity index (χ0) is 29.3. The summed E-state index contributed by atoms with van der Waals surface area (Å²) < 4.78 is 0. The van der Waals surface area contributed by atoms with Gasteiger partial charge in [-0.25, -0.2) is 4.79 Å². The Morgan fingerprint density at radius 2 is 1.11 bits per heavy atom. The van der Waals surface area contributed by atoms with Gasteiger partial charge in [0, 0.05) is 19.5 Å². The highest BCUT2D eigenvalue weighted by atomic mass is 16.4. The molecule has 4 atom stereocenters. The van der Waals surface area contributed by atoms with E-state index in [1.807, 2.05) is 0 Å². The predicted octanol–water partition coefficient (Wildman–Crippen LogP) is -5.78. The van der Waals surface area contributed by atoms with Crippen molar-refractivity contribution in [3.8, 4) is 0 Å². The number of carboxylic acids is 1. The molecule has 0 fully saturated rings. The van der Waals surface area contributed by atoms with Crippen LogP contribution < -0.4 is 50.4 Å². The number of guanidine groups is 2. The molecule has 4 unspecified atom stereocenters. The summed E-state index contributed by atoms with van der Waals surface area (Å²) in [5, 5.41) is 25.7. The van der Waals surface area contributed by atoms with Crippen molar-refractivity contribution in [2.45, 2.75) is 62.7 Å². The van der Waals surface area contributed by atoms with E-state index in [0.29, 0.717) is 0 Å². The molecule has 18 heteroatoms. The number of amides is 4. The number of primary amides is 1. The van der Waals surface area contributed by atoms with Gasteiger partial charge in [-0.2, -0.15) is 0 Å². The quantitative estimate of drug-likeness (QED) is 0.0410. The van der Waals surface area contributed by atoms with Crippen LogP contribution in [0.2, 0.25) is 0 Å². The number of aliphatic imine (C=N–C) groups is 2. The summed E-state index contributed by atoms with van der Waals surface area (Å²) >= 11 is 0. The molecule has 0 aromatic heterocycles. The number of aliphatic hydroxyl groups is 1. The molecular weight excluding hydrogens is 506 g/mol. The molecule has 0 saturated carbocycles. The number of carboxylic acid groups (broad SMARTS) is 1. The molecule has 0 aliphatic carbocycles. The van der Waals surface area contributed by atoms with Gasteiger partial charge in [0.1, 0.15) is 24.2 Å². The van der Waals surface area contributed by atoms with E-state index in [4.69, 9.17) is 39.5 Å². The summed E-state index contributed by atoms with van der Waals surface area (Å²) in [6, 6.07) is -5.26. The molecule has 0 heterocycles. The van der Waals surface area contributed by atoms with Crippen LogP contribution in [0.3, 0.4) is 0 Å². The van der Waals surface area contributed by atoms with Gasteiger partial charge in [-0.1, -0.05) is 0 Å². The van der Waals surface area contributed by atoms with Gasteiger partial charge in [0.25, 0.3) is 0 Å². The van der Waals surface area contributed by atoms with Crippen molar-refractivity contribution in [2.24, 2.45) is 44.4 Å². The maximum atomic E-state index is 13.0. The number of nitrogens with one attached hydrogen (secondary N) is 3. The Kier molecular flexibility index (Phi) is 16.1. The lowest BCUT2D eigenvalue weighted by Gasteiger charge is -2.25. The normalized spacial score (nSPS) is 13.6. The monoisotopic (exact) mass is 545 g/mol. The molecular formula is C20H39N11O7. The second kappa shape index (κ2) is 18.1. The predicted molar refractivity (Wildman–Crippen MR) is 137 cm³/mol. The summed E-state index contributed by atoms with van der Waals surface area (Å²) in [5.74, 6) is -5.00. The summed E-state index contributed by atoms with van der Waals surface area (Å²) in [4.78, 5) is 68.5. The minimum Gasteiger partial charge on any atom is -0.480 e. The highest BCUT2D eigenvalue weighted by Gasteiger charge is 2.30. The molecule has 18 nitrogen and oxygen atoms in total. The first-order valence-electron chi connectivity index (χ1n) is 11.7. The summed E-state index contributed by atoms with van der Waals surface area (Å²) in [7, 11) is 0. The second-order valence-corrected chi connectivity index (χ2v) is 8.21. The van der Waals surface area contributed by atoms with E-state index in [1.165, 1.54) is 0 Å². The first-order valence-corrected chi connectivity index (χ1v) is 11.7. The van der Waals surface area contributed by atoms with Crippen LogP contribution in [0, 0.1) is 0 Å². The molecule has 0 aliphatic heterocycles. The van der Waals surface area contributed by atoms with Gasteiger partial charge in [-0.15, -0.1) is 0 Å². The van der Waals surface area contributed by atoms with Crippen LogP contribution in [0.4, 0.5) is 0 Å². The number of carbonyl (C=O) groups is 5. The van der Waals surface area contributed by atoms with Gasteiger partial charge in [0.05, 0.1) is 6.61 Å². The number of hydrogen-bond acceptors (Lipinski definition) is 9. The average molecular weight is 546 g/mol. The Hall–Kier alpha value is -4.19. The van der Waals surface area contributed by atoms with Crippen LogP contribution in [0.15, 0.2) is 9.98 Å². The van der Waals surface area contributed by atoms with Gasteiger partial charge in [0.15, 0.2) is 11.9 Å². The highest BCUT2D eigenvalue weighted by molar-refractivity contribution is 5.94.